The molecule has 0 amide bonds. The SMILES string of the molecule is Cc1ncnc2c1ncn2[C@H]1CC[C@@H](CO)O1.Nc1nc(F)nc2c1ncn2C1OC(CO)C(O)C1O. The maximum absolute atomic E-state index is 13.2. The van der Waals surface area contributed by atoms with Gasteiger partial charge in [-0.2, -0.15) is 14.4 Å². The summed E-state index contributed by atoms with van der Waals surface area (Å²) in [7, 11) is 0. The number of anilines is 1. The van der Waals surface area contributed by atoms with E-state index in [0.29, 0.717) is 0 Å². The molecule has 0 aromatic carbocycles. The van der Waals surface area contributed by atoms with Gasteiger partial charge in [0, 0.05) is 0 Å². The average Bonchev–Trinajstić information content (AvgIpc) is 3.66. The van der Waals surface area contributed by atoms with Crippen molar-refractivity contribution >= 4 is 28.1 Å². The summed E-state index contributed by atoms with van der Waals surface area (Å²) >= 11 is 0. The number of nitrogens with two attached hydrogens (primary N) is 1. The molecule has 0 radical (unpaired) electrons. The molecule has 15 nitrogen and oxygen atoms in total. The van der Waals surface area contributed by atoms with E-state index in [9.17, 15) is 14.6 Å². The molecule has 6 heterocycles. The third-order valence-corrected chi connectivity index (χ3v) is 6.35. The maximum Gasteiger partial charge on any atom is 0.312 e. The zero-order valence-corrected chi connectivity index (χ0v) is 19.7. The van der Waals surface area contributed by atoms with Crippen LogP contribution in [0.25, 0.3) is 22.3 Å². The van der Waals surface area contributed by atoms with Crippen molar-refractivity contribution in [3.8, 4) is 0 Å². The van der Waals surface area contributed by atoms with Gasteiger partial charge in [0.2, 0.25) is 0 Å². The highest BCUT2D eigenvalue weighted by molar-refractivity contribution is 5.81. The molecular weight excluding hydrogens is 493 g/mol. The third kappa shape index (κ3) is 4.58. The second kappa shape index (κ2) is 10.2. The fourth-order valence-corrected chi connectivity index (χ4v) is 4.41. The molecule has 0 bridgehead atoms. The van der Waals surface area contributed by atoms with Crippen molar-refractivity contribution in [1.82, 2.24) is 39.0 Å². The van der Waals surface area contributed by atoms with E-state index in [1.807, 2.05) is 11.5 Å². The van der Waals surface area contributed by atoms with E-state index in [2.05, 4.69) is 29.9 Å². The first kappa shape index (κ1) is 25.2. The number of aromatic nitrogens is 8. The lowest BCUT2D eigenvalue weighted by Gasteiger charge is -2.16. The number of halogens is 1. The molecule has 0 spiro atoms. The Morgan fingerprint density at radius 2 is 1.70 bits per heavy atom. The number of hydrogen-bond acceptors (Lipinski definition) is 13. The monoisotopic (exact) mass is 519 g/mol. The van der Waals surface area contributed by atoms with Gasteiger partial charge in [-0.1, -0.05) is 0 Å². The van der Waals surface area contributed by atoms with Crippen LogP contribution in [0, 0.1) is 13.0 Å². The van der Waals surface area contributed by atoms with Crippen molar-refractivity contribution in [3.63, 3.8) is 0 Å². The summed E-state index contributed by atoms with van der Waals surface area (Å²) in [5, 5.41) is 37.7. The molecule has 0 saturated carbocycles. The van der Waals surface area contributed by atoms with Crippen molar-refractivity contribution in [1.29, 1.82) is 0 Å². The summed E-state index contributed by atoms with van der Waals surface area (Å²) < 4.78 is 27.4. The fourth-order valence-electron chi connectivity index (χ4n) is 4.41. The van der Waals surface area contributed by atoms with Crippen LogP contribution in [0.4, 0.5) is 10.2 Å². The van der Waals surface area contributed by atoms with Crippen molar-refractivity contribution in [2.45, 2.75) is 56.6 Å². The van der Waals surface area contributed by atoms with E-state index in [0.717, 1.165) is 29.7 Å². The zero-order valence-electron chi connectivity index (χ0n) is 19.7. The highest BCUT2D eigenvalue weighted by atomic mass is 19.1. The maximum atomic E-state index is 13.2. The van der Waals surface area contributed by atoms with E-state index in [1.165, 1.54) is 17.2 Å². The van der Waals surface area contributed by atoms with Crippen molar-refractivity contribution in [2.75, 3.05) is 18.9 Å². The van der Waals surface area contributed by atoms with Gasteiger partial charge in [-0.15, -0.1) is 0 Å². The van der Waals surface area contributed by atoms with E-state index >= 15 is 0 Å². The number of nitrogen functional groups attached to an aromatic ring is 1. The van der Waals surface area contributed by atoms with E-state index in [4.69, 9.17) is 25.4 Å². The lowest BCUT2D eigenvalue weighted by molar-refractivity contribution is -0.0511. The van der Waals surface area contributed by atoms with E-state index < -0.39 is 37.2 Å². The molecule has 2 fully saturated rings. The van der Waals surface area contributed by atoms with E-state index in [1.54, 1.807) is 6.33 Å². The number of aliphatic hydroxyl groups excluding tert-OH is 4. The summed E-state index contributed by atoms with van der Waals surface area (Å²) in [6.45, 7) is 1.51. The Balaban J connectivity index is 0.000000153. The first-order valence-corrected chi connectivity index (χ1v) is 11.5. The number of aliphatic hydroxyl groups is 4. The molecule has 2 aliphatic rings. The number of fused-ring (bicyclic) bond motifs is 2. The number of aryl methyl sites for hydroxylation is 1. The Morgan fingerprint density at radius 3 is 2.41 bits per heavy atom. The third-order valence-electron chi connectivity index (χ3n) is 6.35. The lowest BCUT2D eigenvalue weighted by atomic mass is 10.1. The number of hydrogen-bond donors (Lipinski definition) is 5. The molecule has 198 valence electrons. The first-order chi connectivity index (χ1) is 17.8. The predicted molar refractivity (Wildman–Crippen MR) is 123 cm³/mol. The lowest BCUT2D eigenvalue weighted by Crippen LogP contribution is -2.33. The van der Waals surface area contributed by atoms with Crippen LogP contribution in [-0.4, -0.2) is 97.1 Å². The molecule has 0 aliphatic carbocycles. The minimum Gasteiger partial charge on any atom is -0.394 e. The van der Waals surface area contributed by atoms with Crippen molar-refractivity contribution in [2.24, 2.45) is 0 Å². The second-order valence-corrected chi connectivity index (χ2v) is 8.69. The molecule has 16 heteroatoms. The van der Waals surface area contributed by atoms with Crippen LogP contribution in [0.1, 0.15) is 31.0 Å². The smallest absolute Gasteiger partial charge is 0.312 e. The highest BCUT2D eigenvalue weighted by Crippen LogP contribution is 2.32. The minimum atomic E-state index is -1.32. The average molecular weight is 519 g/mol. The predicted octanol–water partition coefficient (Wildman–Crippen LogP) is -1.04. The van der Waals surface area contributed by atoms with Gasteiger partial charge in [-0.3, -0.25) is 9.13 Å². The van der Waals surface area contributed by atoms with Crippen LogP contribution < -0.4 is 5.73 Å². The standard InChI is InChI=1S/C11H14N4O2.C10H12FN5O4/c1-7-10-11(13-5-12-7)15(6-14-10)9-3-2-8(4-16)17-9;11-10-14-7(12)4-8(15-10)16(2-13-4)9-6(19)5(18)3(1-17)20-9/h5-6,8-9,16H,2-4H2,1H3;2-3,5-6,9,17-19H,1H2,(H2,12,14,15)/t8-,9+;/m0./s1. The normalized spacial score (nSPS) is 27.6. The molecule has 4 aromatic heterocycles. The summed E-state index contributed by atoms with van der Waals surface area (Å²) in [5.74, 6) is -0.141. The van der Waals surface area contributed by atoms with Gasteiger partial charge in [-0.25, -0.2) is 19.9 Å². The number of nitrogens with zero attached hydrogens (tertiary/aromatic N) is 8. The van der Waals surface area contributed by atoms with Crippen molar-refractivity contribution < 1.29 is 34.3 Å². The molecule has 2 aliphatic heterocycles. The van der Waals surface area contributed by atoms with Gasteiger partial charge in [-0.05, 0) is 19.8 Å². The second-order valence-electron chi connectivity index (χ2n) is 8.69. The van der Waals surface area contributed by atoms with Crippen LogP contribution in [0.5, 0.6) is 0 Å². The van der Waals surface area contributed by atoms with Crippen LogP contribution in [0.15, 0.2) is 19.0 Å². The molecule has 37 heavy (non-hydrogen) atoms. The van der Waals surface area contributed by atoms with Crippen LogP contribution in [-0.2, 0) is 9.47 Å². The van der Waals surface area contributed by atoms with Gasteiger partial charge in [0.1, 0.15) is 36.4 Å². The van der Waals surface area contributed by atoms with Gasteiger partial charge in [0.25, 0.3) is 0 Å². The van der Waals surface area contributed by atoms with Gasteiger partial charge in [0.15, 0.2) is 28.9 Å². The minimum absolute atomic E-state index is 0.0323. The Labute approximate surface area is 208 Å². The molecule has 2 saturated heterocycles. The molecule has 6 N–H and O–H groups in total. The Morgan fingerprint density at radius 1 is 0.946 bits per heavy atom. The molecule has 4 unspecified atom stereocenters. The zero-order chi connectivity index (χ0) is 26.3. The first-order valence-electron chi connectivity index (χ1n) is 11.5. The number of ether oxygens (including phenoxy) is 2. The van der Waals surface area contributed by atoms with Crippen LogP contribution in [0.2, 0.25) is 0 Å². The molecular formula is C21H26FN9O6. The van der Waals surface area contributed by atoms with E-state index in [-0.39, 0.29) is 35.9 Å². The molecule has 6 atom stereocenters. The van der Waals surface area contributed by atoms with Gasteiger partial charge in [0.05, 0.1) is 37.7 Å². The van der Waals surface area contributed by atoms with Crippen molar-refractivity contribution in [3.05, 3.63) is 30.8 Å². The van der Waals surface area contributed by atoms with Crippen LogP contribution in [0.3, 0.4) is 0 Å². The van der Waals surface area contributed by atoms with Crippen LogP contribution >= 0.6 is 0 Å². The summed E-state index contributed by atoms with van der Waals surface area (Å²) in [4.78, 5) is 23.5. The Bertz CT molecular complexity index is 1400. The summed E-state index contributed by atoms with van der Waals surface area (Å²) in [5.41, 5.74) is 8.18. The fraction of sp³-hybridized carbons (Fsp3) is 0.524. The largest absolute Gasteiger partial charge is 0.394 e. The topological polar surface area (TPSA) is 213 Å². The summed E-state index contributed by atoms with van der Waals surface area (Å²) in [6, 6.07) is 0. The van der Waals surface area contributed by atoms with Gasteiger partial charge < -0.3 is 35.6 Å². The highest BCUT2D eigenvalue weighted by Gasteiger charge is 2.44. The molecule has 4 aromatic rings. The quantitative estimate of drug-likeness (QED) is 0.204. The summed E-state index contributed by atoms with van der Waals surface area (Å²) in [6.07, 6.45) is 0.480. The number of rotatable bonds is 4. The molecule has 6 rings (SSSR count). The number of imidazole rings is 2. The van der Waals surface area contributed by atoms with Gasteiger partial charge >= 0.3 is 6.08 Å². The Kier molecular flexibility index (Phi) is 6.93. The Hall–Kier alpha value is -3.41.